The second-order valence-corrected chi connectivity index (χ2v) is 6.10. The molecule has 0 saturated carbocycles. The van der Waals surface area contributed by atoms with Crippen molar-refractivity contribution in [2.75, 3.05) is 5.32 Å². The Bertz CT molecular complexity index is 664. The fraction of sp³-hybridized carbons (Fsp3) is 0.316. The van der Waals surface area contributed by atoms with Crippen molar-refractivity contribution in [2.45, 2.75) is 40.2 Å². The van der Waals surface area contributed by atoms with Crippen LogP contribution in [-0.2, 0) is 6.42 Å². The van der Waals surface area contributed by atoms with E-state index in [1.807, 2.05) is 6.07 Å². The summed E-state index contributed by atoms with van der Waals surface area (Å²) in [6.07, 6.45) is 0.985. The Kier molecular flexibility index (Phi) is 5.56. The fourth-order valence-corrected chi connectivity index (χ4v) is 2.98. The summed E-state index contributed by atoms with van der Waals surface area (Å²) in [6, 6.07) is 15.0. The van der Waals surface area contributed by atoms with Gasteiger partial charge in [0.25, 0.3) is 0 Å². The summed E-state index contributed by atoms with van der Waals surface area (Å²) < 4.78 is 0. The SMILES string of the molecule is CCc1ccccc1NC(=S)NC(C)c1ccc(C)cc1C. The number of nitrogens with one attached hydrogen (secondary N) is 2. The number of thiocarbonyl (C=S) groups is 1. The maximum atomic E-state index is 5.47. The van der Waals surface area contributed by atoms with E-state index in [0.29, 0.717) is 5.11 Å². The predicted octanol–water partition coefficient (Wildman–Crippen LogP) is 4.91. The van der Waals surface area contributed by atoms with E-state index in [-0.39, 0.29) is 6.04 Å². The number of para-hydroxylation sites is 1. The Labute approximate surface area is 139 Å². The Hall–Kier alpha value is -1.87. The van der Waals surface area contributed by atoms with Gasteiger partial charge in [0.15, 0.2) is 5.11 Å². The van der Waals surface area contributed by atoms with Crippen molar-refractivity contribution in [3.05, 3.63) is 64.7 Å². The van der Waals surface area contributed by atoms with Gasteiger partial charge in [-0.3, -0.25) is 0 Å². The molecule has 0 fully saturated rings. The van der Waals surface area contributed by atoms with Gasteiger partial charge < -0.3 is 10.6 Å². The van der Waals surface area contributed by atoms with Gasteiger partial charge in [0.2, 0.25) is 0 Å². The van der Waals surface area contributed by atoms with Gasteiger partial charge in [-0.2, -0.15) is 0 Å². The van der Waals surface area contributed by atoms with Crippen LogP contribution in [0.25, 0.3) is 0 Å². The summed E-state index contributed by atoms with van der Waals surface area (Å²) in [5, 5.41) is 7.35. The number of aryl methyl sites for hydroxylation is 3. The highest BCUT2D eigenvalue weighted by molar-refractivity contribution is 7.80. The van der Waals surface area contributed by atoms with Crippen molar-refractivity contribution in [1.29, 1.82) is 0 Å². The van der Waals surface area contributed by atoms with E-state index in [1.165, 1.54) is 22.3 Å². The maximum absolute atomic E-state index is 5.47. The van der Waals surface area contributed by atoms with Gasteiger partial charge in [-0.25, -0.2) is 0 Å². The lowest BCUT2D eigenvalue weighted by Crippen LogP contribution is -2.31. The van der Waals surface area contributed by atoms with Crippen LogP contribution in [0.2, 0.25) is 0 Å². The molecule has 0 amide bonds. The number of hydrogen-bond acceptors (Lipinski definition) is 1. The minimum Gasteiger partial charge on any atom is -0.356 e. The van der Waals surface area contributed by atoms with Crippen LogP contribution in [0.3, 0.4) is 0 Å². The first-order valence-corrected chi connectivity index (χ1v) is 8.14. The molecule has 2 rings (SSSR count). The van der Waals surface area contributed by atoms with E-state index in [2.05, 4.69) is 74.7 Å². The quantitative estimate of drug-likeness (QED) is 0.784. The summed E-state index contributed by atoms with van der Waals surface area (Å²) in [5.41, 5.74) is 6.20. The van der Waals surface area contributed by atoms with Crippen molar-refractivity contribution < 1.29 is 0 Å². The third-order valence-electron chi connectivity index (χ3n) is 3.89. The molecule has 0 aliphatic heterocycles. The maximum Gasteiger partial charge on any atom is 0.171 e. The molecule has 2 aromatic rings. The Morgan fingerprint density at radius 1 is 1.14 bits per heavy atom. The number of anilines is 1. The predicted molar refractivity (Wildman–Crippen MR) is 99.5 cm³/mol. The van der Waals surface area contributed by atoms with Gasteiger partial charge >= 0.3 is 0 Å². The molecule has 2 nitrogen and oxygen atoms in total. The third kappa shape index (κ3) is 4.08. The molecule has 0 aliphatic carbocycles. The van der Waals surface area contributed by atoms with Crippen LogP contribution in [0.4, 0.5) is 5.69 Å². The average Bonchev–Trinajstić information content (AvgIpc) is 2.47. The third-order valence-corrected chi connectivity index (χ3v) is 4.11. The molecule has 22 heavy (non-hydrogen) atoms. The zero-order chi connectivity index (χ0) is 16.1. The van der Waals surface area contributed by atoms with E-state index < -0.39 is 0 Å². The van der Waals surface area contributed by atoms with Crippen molar-refractivity contribution in [1.82, 2.24) is 5.32 Å². The van der Waals surface area contributed by atoms with Crippen molar-refractivity contribution >= 4 is 23.0 Å². The molecule has 3 heteroatoms. The zero-order valence-electron chi connectivity index (χ0n) is 13.7. The van der Waals surface area contributed by atoms with Gasteiger partial charge in [-0.15, -0.1) is 0 Å². The highest BCUT2D eigenvalue weighted by Gasteiger charge is 2.10. The molecule has 0 saturated heterocycles. The van der Waals surface area contributed by atoms with Crippen molar-refractivity contribution in [3.63, 3.8) is 0 Å². The Morgan fingerprint density at radius 3 is 2.55 bits per heavy atom. The van der Waals surface area contributed by atoms with E-state index in [4.69, 9.17) is 12.2 Å². The zero-order valence-corrected chi connectivity index (χ0v) is 14.6. The molecule has 2 N–H and O–H groups in total. The van der Waals surface area contributed by atoms with E-state index in [9.17, 15) is 0 Å². The molecule has 1 unspecified atom stereocenters. The molecular weight excluding hydrogens is 288 g/mol. The number of hydrogen-bond donors (Lipinski definition) is 2. The van der Waals surface area contributed by atoms with Crippen LogP contribution in [0.5, 0.6) is 0 Å². The summed E-state index contributed by atoms with van der Waals surface area (Å²) in [7, 11) is 0. The number of rotatable bonds is 4. The molecule has 116 valence electrons. The summed E-state index contributed by atoms with van der Waals surface area (Å²) in [4.78, 5) is 0. The average molecular weight is 312 g/mol. The van der Waals surface area contributed by atoms with E-state index in [0.717, 1.165) is 12.1 Å². The molecule has 2 aromatic carbocycles. The normalized spacial score (nSPS) is 11.8. The van der Waals surface area contributed by atoms with Gasteiger partial charge in [-0.05, 0) is 62.2 Å². The Balaban J connectivity index is 2.05. The molecule has 0 spiro atoms. The highest BCUT2D eigenvalue weighted by atomic mass is 32.1. The van der Waals surface area contributed by atoms with Gasteiger partial charge in [-0.1, -0.05) is 48.9 Å². The standard InChI is InChI=1S/C19H24N2S/c1-5-16-8-6-7-9-18(16)21-19(22)20-15(4)17-11-10-13(2)12-14(17)3/h6-12,15H,5H2,1-4H3,(H2,20,21,22). The minimum atomic E-state index is 0.175. The van der Waals surface area contributed by atoms with Crippen molar-refractivity contribution in [2.24, 2.45) is 0 Å². The molecule has 0 heterocycles. The van der Waals surface area contributed by atoms with Crippen LogP contribution in [0.1, 0.15) is 42.1 Å². The molecule has 0 radical (unpaired) electrons. The Morgan fingerprint density at radius 2 is 1.86 bits per heavy atom. The second kappa shape index (κ2) is 7.41. The molecule has 0 aromatic heterocycles. The smallest absolute Gasteiger partial charge is 0.171 e. The lowest BCUT2D eigenvalue weighted by molar-refractivity contribution is 0.717. The fourth-order valence-electron chi connectivity index (χ4n) is 2.69. The first-order valence-electron chi connectivity index (χ1n) is 7.73. The highest BCUT2D eigenvalue weighted by Crippen LogP contribution is 2.19. The molecule has 1 atom stereocenters. The van der Waals surface area contributed by atoms with Crippen LogP contribution in [0, 0.1) is 13.8 Å². The lowest BCUT2D eigenvalue weighted by atomic mass is 10.0. The monoisotopic (exact) mass is 312 g/mol. The van der Waals surface area contributed by atoms with E-state index >= 15 is 0 Å². The van der Waals surface area contributed by atoms with Crippen LogP contribution in [-0.4, -0.2) is 5.11 Å². The summed E-state index contributed by atoms with van der Waals surface area (Å²) in [6.45, 7) is 8.54. The second-order valence-electron chi connectivity index (χ2n) is 5.69. The van der Waals surface area contributed by atoms with Gasteiger partial charge in [0.05, 0.1) is 6.04 Å². The summed E-state index contributed by atoms with van der Waals surface area (Å²) >= 11 is 5.47. The van der Waals surface area contributed by atoms with Crippen molar-refractivity contribution in [3.8, 4) is 0 Å². The largest absolute Gasteiger partial charge is 0.356 e. The van der Waals surface area contributed by atoms with Crippen LogP contribution < -0.4 is 10.6 Å². The molecular formula is C19H24N2S. The lowest BCUT2D eigenvalue weighted by Gasteiger charge is -2.20. The van der Waals surface area contributed by atoms with Crippen LogP contribution in [0.15, 0.2) is 42.5 Å². The van der Waals surface area contributed by atoms with Crippen LogP contribution >= 0.6 is 12.2 Å². The number of benzene rings is 2. The first-order chi connectivity index (χ1) is 10.5. The summed E-state index contributed by atoms with van der Waals surface area (Å²) in [5.74, 6) is 0. The van der Waals surface area contributed by atoms with Gasteiger partial charge in [0.1, 0.15) is 0 Å². The topological polar surface area (TPSA) is 24.1 Å². The van der Waals surface area contributed by atoms with Gasteiger partial charge in [0, 0.05) is 5.69 Å². The van der Waals surface area contributed by atoms with E-state index in [1.54, 1.807) is 0 Å². The first kappa shape index (κ1) is 16.5. The molecule has 0 bridgehead atoms. The minimum absolute atomic E-state index is 0.175. The molecule has 0 aliphatic rings.